The number of rotatable bonds is 11. The van der Waals surface area contributed by atoms with Crippen LogP contribution in [0.15, 0.2) is 0 Å². The van der Waals surface area contributed by atoms with E-state index in [1.807, 2.05) is 41.5 Å². The Labute approximate surface area is 270 Å². The first kappa shape index (κ1) is 54.3. The van der Waals surface area contributed by atoms with E-state index in [9.17, 15) is 14.4 Å². The van der Waals surface area contributed by atoms with Crippen molar-refractivity contribution in [3.8, 4) is 0 Å². The van der Waals surface area contributed by atoms with Crippen LogP contribution < -0.4 is 0 Å². The SMILES string of the molecule is C.C.[B]C(CC)C(=O)CC.[B]C(CC)CC(=O)CC.[B]C(CCC)C(=O)CC.[U].[U].[U]. The molecular weight excluding hydrogens is 1060 g/mol. The molecule has 3 nitrogen and oxygen atoms in total. The maximum absolute atomic E-state index is 10.8. The van der Waals surface area contributed by atoms with E-state index in [0.717, 1.165) is 25.7 Å². The molecule has 0 aromatic rings. The first-order valence-corrected chi connectivity index (χ1v) is 9.98. The summed E-state index contributed by atoms with van der Waals surface area (Å²) in [4.78, 5) is 32.1. The van der Waals surface area contributed by atoms with Crippen molar-refractivity contribution in [1.29, 1.82) is 0 Å². The molecule has 0 aliphatic carbocycles. The van der Waals surface area contributed by atoms with Gasteiger partial charge in [0.05, 0.1) is 23.5 Å². The van der Waals surface area contributed by atoms with Crippen molar-refractivity contribution in [3.05, 3.63) is 0 Å². The third-order valence-electron chi connectivity index (χ3n) is 3.97. The minimum atomic E-state index is -0.222. The summed E-state index contributed by atoms with van der Waals surface area (Å²) in [5.74, 6) is 0.256. The van der Waals surface area contributed by atoms with Crippen molar-refractivity contribution >= 4 is 40.9 Å². The van der Waals surface area contributed by atoms with Gasteiger partial charge in [-0.2, -0.15) is 0 Å². The predicted molar refractivity (Wildman–Crippen MR) is 128 cm³/mol. The van der Waals surface area contributed by atoms with E-state index in [1.54, 1.807) is 0 Å². The van der Waals surface area contributed by atoms with Gasteiger partial charge in [-0.25, -0.2) is 0 Å². The summed E-state index contributed by atoms with van der Waals surface area (Å²) in [6, 6.07) is 0. The molecule has 31 heavy (non-hydrogen) atoms. The van der Waals surface area contributed by atoms with E-state index >= 15 is 0 Å². The molecule has 0 N–H and O–H groups in total. The minimum absolute atomic E-state index is 0. The van der Waals surface area contributed by atoms with Crippen molar-refractivity contribution in [2.45, 2.75) is 125 Å². The van der Waals surface area contributed by atoms with Crippen molar-refractivity contribution in [2.75, 3.05) is 0 Å². The Morgan fingerprint density at radius 2 is 1.03 bits per heavy atom. The number of carbonyl (C=O) groups excluding carboxylic acids is 3. The van der Waals surface area contributed by atoms with Crippen molar-refractivity contribution in [2.24, 2.45) is 0 Å². The Bertz CT molecular complexity index is 388. The number of ketones is 3. The van der Waals surface area contributed by atoms with E-state index in [1.165, 1.54) is 0 Å². The van der Waals surface area contributed by atoms with Gasteiger partial charge >= 0.3 is 0 Å². The van der Waals surface area contributed by atoms with Crippen LogP contribution in [-0.4, -0.2) is 40.9 Å². The third-order valence-corrected chi connectivity index (χ3v) is 3.97. The van der Waals surface area contributed by atoms with Crippen LogP contribution in [-0.2, 0) is 14.4 Å². The molecule has 172 valence electrons. The number of hydrogen-bond acceptors (Lipinski definition) is 3. The van der Waals surface area contributed by atoms with Gasteiger partial charge in [0.2, 0.25) is 0 Å². The monoisotopic (exact) mass is 1100 g/mol. The molecule has 0 saturated heterocycles. The van der Waals surface area contributed by atoms with E-state index in [2.05, 4.69) is 0 Å². The molecule has 9 heteroatoms. The van der Waals surface area contributed by atoms with Crippen molar-refractivity contribution < 1.29 is 108 Å². The third kappa shape index (κ3) is 39.8. The topological polar surface area (TPSA) is 51.2 Å². The van der Waals surface area contributed by atoms with Crippen molar-refractivity contribution in [1.82, 2.24) is 0 Å². The Hall–Kier alpha value is 2.36. The first-order chi connectivity index (χ1) is 12.1. The molecule has 3 atom stereocenters. The zero-order chi connectivity index (χ0) is 21.1. The van der Waals surface area contributed by atoms with Crippen LogP contribution in [0.2, 0.25) is 17.5 Å². The van der Waals surface area contributed by atoms with Crippen LogP contribution in [0, 0.1) is 93.3 Å². The maximum atomic E-state index is 10.8. The van der Waals surface area contributed by atoms with E-state index in [4.69, 9.17) is 23.5 Å². The Morgan fingerprint density at radius 3 is 1.26 bits per heavy atom. The average Bonchev–Trinajstić information content (AvgIpc) is 2.66. The summed E-state index contributed by atoms with van der Waals surface area (Å²) in [6.45, 7) is 11.5. The second kappa shape index (κ2) is 39.6. The molecule has 0 aliphatic rings. The Kier molecular flexibility index (Phi) is 69.3. The number of hydrogen-bond donors (Lipinski definition) is 0. The van der Waals surface area contributed by atoms with Gasteiger partial charge in [-0.05, 0) is 11.6 Å². The van der Waals surface area contributed by atoms with Gasteiger partial charge in [0.15, 0.2) is 0 Å². The van der Waals surface area contributed by atoms with Crippen LogP contribution in [0.25, 0.3) is 0 Å². The molecule has 0 spiro atoms. The molecule has 0 aromatic carbocycles. The van der Waals surface area contributed by atoms with Gasteiger partial charge in [0, 0.05) is 119 Å². The molecular formula is C22H45B3O3U3. The number of carbonyl (C=O) groups is 3. The molecule has 3 unspecified atom stereocenters. The van der Waals surface area contributed by atoms with Crippen LogP contribution in [0.5, 0.6) is 0 Å². The normalized spacial score (nSPS) is 11.0. The van der Waals surface area contributed by atoms with Crippen LogP contribution in [0.1, 0.15) is 108 Å². The Balaban J connectivity index is -0.0000000395. The smallest absolute Gasteiger partial charge is 0.132 e. The second-order valence-corrected chi connectivity index (χ2v) is 6.31. The van der Waals surface area contributed by atoms with E-state index in [0.29, 0.717) is 25.7 Å². The largest absolute Gasteiger partial charge is 0.300 e. The van der Waals surface area contributed by atoms with Crippen LogP contribution >= 0.6 is 0 Å². The summed E-state index contributed by atoms with van der Waals surface area (Å²) < 4.78 is 0. The summed E-state index contributed by atoms with van der Waals surface area (Å²) >= 11 is 0. The van der Waals surface area contributed by atoms with Crippen molar-refractivity contribution in [3.63, 3.8) is 0 Å². The average molecular weight is 1100 g/mol. The molecule has 0 fully saturated rings. The number of Topliss-reactive ketones (excluding diaryl/α,β-unsaturated/α-hetero) is 3. The molecule has 0 aliphatic heterocycles. The van der Waals surface area contributed by atoms with Gasteiger partial charge in [0.25, 0.3) is 0 Å². The molecule has 0 saturated carbocycles. The van der Waals surface area contributed by atoms with Gasteiger partial charge in [-0.1, -0.05) is 87.9 Å². The summed E-state index contributed by atoms with van der Waals surface area (Å²) in [5.41, 5.74) is 0. The summed E-state index contributed by atoms with van der Waals surface area (Å²) in [7, 11) is 16.4. The van der Waals surface area contributed by atoms with Crippen LogP contribution in [0.4, 0.5) is 0 Å². The van der Waals surface area contributed by atoms with Gasteiger partial charge in [0.1, 0.15) is 17.3 Å². The molecule has 0 bridgehead atoms. The molecule has 0 aromatic heterocycles. The fourth-order valence-electron chi connectivity index (χ4n) is 1.81. The van der Waals surface area contributed by atoms with Gasteiger partial charge < -0.3 is 9.59 Å². The fourth-order valence-corrected chi connectivity index (χ4v) is 1.81. The van der Waals surface area contributed by atoms with Crippen LogP contribution in [0.3, 0.4) is 0 Å². The van der Waals surface area contributed by atoms with E-state index < -0.39 is 0 Å². The van der Waals surface area contributed by atoms with Gasteiger partial charge in [-0.3, -0.25) is 4.79 Å². The summed E-state index contributed by atoms with van der Waals surface area (Å²) in [5, 5.41) is 0. The molecule has 6 radical (unpaired) electrons. The minimum Gasteiger partial charge on any atom is -0.300 e. The second-order valence-electron chi connectivity index (χ2n) is 6.31. The molecule has 0 heterocycles. The predicted octanol–water partition coefficient (Wildman–Crippen LogP) is 6.05. The quantitative estimate of drug-likeness (QED) is 0.237. The van der Waals surface area contributed by atoms with Gasteiger partial charge in [-0.15, -0.1) is 0 Å². The Morgan fingerprint density at radius 1 is 0.645 bits per heavy atom. The zero-order valence-electron chi connectivity index (χ0n) is 19.3. The summed E-state index contributed by atoms with van der Waals surface area (Å²) in [6.07, 6.45) is 5.77. The standard InChI is InChI=1S/2C7H13BO.C6H11BO.2CH4.3U/c1-3-6(8)5-7(9)4-2;1-3-5-6(8)7(9)4-2;1-3-5(7)6(8)4-2;;;;;/h2*6H,3-5H2,1-2H3;5H,3-4H2,1-2H3;2*1H4;;;. The van der Waals surface area contributed by atoms with E-state index in [-0.39, 0.29) is 143 Å². The molecule has 0 amide bonds. The fraction of sp³-hybridized carbons (Fsp3) is 0.864. The zero-order valence-corrected chi connectivity index (χ0v) is 31.8. The maximum Gasteiger partial charge on any atom is 0.132 e. The first-order valence-electron chi connectivity index (χ1n) is 9.98. The molecule has 0 rings (SSSR count).